The van der Waals surface area contributed by atoms with Crippen LogP contribution in [-0.2, 0) is 14.0 Å². The van der Waals surface area contributed by atoms with E-state index >= 15 is 0 Å². The van der Waals surface area contributed by atoms with E-state index in [4.69, 9.17) is 18.8 Å². The number of alkyl carbamates (subject to hydrolysis) is 1. The van der Waals surface area contributed by atoms with Crippen LogP contribution in [0.3, 0.4) is 0 Å². The van der Waals surface area contributed by atoms with Crippen LogP contribution >= 0.6 is 0 Å². The van der Waals surface area contributed by atoms with Crippen LogP contribution in [0.15, 0.2) is 18.2 Å². The van der Waals surface area contributed by atoms with Crippen molar-refractivity contribution in [1.29, 1.82) is 5.26 Å². The van der Waals surface area contributed by atoms with Gasteiger partial charge in [0, 0.05) is 0 Å². The third-order valence-corrected chi connectivity index (χ3v) is 5.67. The zero-order chi connectivity index (χ0) is 25.2. The molecule has 1 fully saturated rings. The highest BCUT2D eigenvalue weighted by Crippen LogP contribution is 2.36. The van der Waals surface area contributed by atoms with Crippen molar-refractivity contribution in [2.45, 2.75) is 98.5 Å². The van der Waals surface area contributed by atoms with Crippen LogP contribution in [0.4, 0.5) is 4.79 Å². The molecule has 0 aliphatic carbocycles. The lowest BCUT2D eigenvalue weighted by molar-refractivity contribution is 0.00578. The number of amides is 1. The Hall–Kier alpha value is -2.24. The van der Waals surface area contributed by atoms with Crippen molar-refractivity contribution in [3.8, 4) is 11.8 Å². The van der Waals surface area contributed by atoms with Crippen LogP contribution in [0.1, 0.15) is 81.2 Å². The van der Waals surface area contributed by atoms with Gasteiger partial charge < -0.3 is 24.1 Å². The molecule has 1 aliphatic rings. The van der Waals surface area contributed by atoms with Crippen molar-refractivity contribution < 1.29 is 23.6 Å². The lowest BCUT2D eigenvalue weighted by Crippen LogP contribution is -2.44. The summed E-state index contributed by atoms with van der Waals surface area (Å²) in [4.78, 5) is 12.3. The molecule has 1 amide bonds. The Morgan fingerprint density at radius 2 is 1.70 bits per heavy atom. The molecule has 0 aromatic heterocycles. The van der Waals surface area contributed by atoms with Crippen LogP contribution in [0.2, 0.25) is 0 Å². The van der Waals surface area contributed by atoms with Gasteiger partial charge in [-0.25, -0.2) is 4.79 Å². The van der Waals surface area contributed by atoms with Gasteiger partial charge in [0.05, 0.1) is 22.8 Å². The van der Waals surface area contributed by atoms with E-state index in [2.05, 4.69) is 32.2 Å². The summed E-state index contributed by atoms with van der Waals surface area (Å²) in [7, 11) is -0.557. The fourth-order valence-electron chi connectivity index (χ4n) is 3.44. The van der Waals surface area contributed by atoms with Crippen molar-refractivity contribution in [2.24, 2.45) is 5.41 Å². The molecule has 0 unspecified atom stereocenters. The van der Waals surface area contributed by atoms with Crippen molar-refractivity contribution in [1.82, 2.24) is 5.32 Å². The summed E-state index contributed by atoms with van der Waals surface area (Å²) in [6, 6.07) is 7.24. The lowest BCUT2D eigenvalue weighted by Gasteiger charge is -2.32. The molecule has 2 rings (SSSR count). The van der Waals surface area contributed by atoms with Crippen LogP contribution < -0.4 is 15.5 Å². The lowest BCUT2D eigenvalue weighted by atomic mass is 9.78. The minimum Gasteiger partial charge on any atom is -0.490 e. The molecule has 1 atom stereocenters. The Morgan fingerprint density at radius 3 is 2.18 bits per heavy atom. The SMILES string of the molecule is CC(C)(C)C[C@@H](COc1ccc(B2OC(C)(C)C(C)(C)O2)cc1C#N)NC(=O)OC(C)(C)C. The molecule has 0 saturated carbocycles. The number of rotatable bonds is 6. The van der Waals surface area contributed by atoms with E-state index in [-0.39, 0.29) is 18.1 Å². The highest BCUT2D eigenvalue weighted by molar-refractivity contribution is 6.62. The van der Waals surface area contributed by atoms with Crippen molar-refractivity contribution >= 4 is 18.7 Å². The molecule has 0 bridgehead atoms. The molecule has 1 heterocycles. The van der Waals surface area contributed by atoms with Crippen molar-refractivity contribution in [3.63, 3.8) is 0 Å². The number of ether oxygens (including phenoxy) is 2. The van der Waals surface area contributed by atoms with Crippen LogP contribution in [0.25, 0.3) is 0 Å². The second kappa shape index (κ2) is 9.56. The maximum atomic E-state index is 12.3. The summed E-state index contributed by atoms with van der Waals surface area (Å²) in [5.74, 6) is 0.447. The first-order valence-electron chi connectivity index (χ1n) is 11.4. The fourth-order valence-corrected chi connectivity index (χ4v) is 3.44. The molecule has 1 aromatic rings. The van der Waals surface area contributed by atoms with Gasteiger partial charge >= 0.3 is 13.2 Å². The minimum absolute atomic E-state index is 0.0400. The Labute approximate surface area is 199 Å². The maximum Gasteiger partial charge on any atom is 0.494 e. The van der Waals surface area contributed by atoms with E-state index in [0.717, 1.165) is 5.46 Å². The Balaban J connectivity index is 2.14. The summed E-state index contributed by atoms with van der Waals surface area (Å²) in [5.41, 5.74) is -0.416. The van der Waals surface area contributed by atoms with E-state index in [1.165, 1.54) is 0 Å². The van der Waals surface area contributed by atoms with Crippen LogP contribution in [-0.4, -0.2) is 42.7 Å². The topological polar surface area (TPSA) is 89.8 Å². The summed E-state index contributed by atoms with van der Waals surface area (Å²) < 4.78 is 23.6. The standard InChI is InChI=1S/C25H39BN2O5/c1-22(2,3)14-19(28-21(29)31-23(4,5)6)16-30-20-12-11-18(13-17(20)15-27)26-32-24(7,8)25(9,10)33-26/h11-13,19H,14,16H2,1-10H3,(H,28,29)/t19-/m0/s1. The molecule has 8 heteroatoms. The smallest absolute Gasteiger partial charge is 0.490 e. The maximum absolute atomic E-state index is 12.3. The van der Waals surface area contributed by atoms with Gasteiger partial charge in [-0.05, 0) is 77.9 Å². The molecule has 1 N–H and O–H groups in total. The quantitative estimate of drug-likeness (QED) is 0.629. The number of nitriles is 1. The number of hydrogen-bond acceptors (Lipinski definition) is 6. The molecule has 33 heavy (non-hydrogen) atoms. The number of benzene rings is 1. The third kappa shape index (κ3) is 7.65. The number of hydrogen-bond donors (Lipinski definition) is 1. The normalized spacial score (nSPS) is 18.4. The molecular weight excluding hydrogens is 419 g/mol. The van der Waals surface area contributed by atoms with E-state index in [1.807, 2.05) is 54.5 Å². The summed E-state index contributed by atoms with van der Waals surface area (Å²) in [6.07, 6.45) is 0.192. The molecule has 1 aliphatic heterocycles. The first-order chi connectivity index (χ1) is 14.9. The van der Waals surface area contributed by atoms with Crippen molar-refractivity contribution in [2.75, 3.05) is 6.61 Å². The van der Waals surface area contributed by atoms with Gasteiger partial charge in [0.2, 0.25) is 0 Å². The first-order valence-corrected chi connectivity index (χ1v) is 11.4. The zero-order valence-electron chi connectivity index (χ0n) is 21.8. The van der Waals surface area contributed by atoms with Gasteiger partial charge in [-0.1, -0.05) is 26.8 Å². The van der Waals surface area contributed by atoms with Gasteiger partial charge in [-0.3, -0.25) is 0 Å². The predicted molar refractivity (Wildman–Crippen MR) is 130 cm³/mol. The number of carbonyl (C=O) groups is 1. The summed E-state index contributed by atoms with van der Waals surface area (Å²) >= 11 is 0. The Morgan fingerprint density at radius 1 is 1.12 bits per heavy atom. The Kier molecular flexibility index (Phi) is 7.82. The van der Waals surface area contributed by atoms with E-state index in [1.54, 1.807) is 12.1 Å². The molecule has 1 aromatic carbocycles. The average molecular weight is 458 g/mol. The number of nitrogens with zero attached hydrogens (tertiary/aromatic N) is 1. The molecular formula is C25H39BN2O5. The summed E-state index contributed by atoms with van der Waals surface area (Å²) in [6.45, 7) is 19.9. The average Bonchev–Trinajstić information content (AvgIpc) is 2.84. The van der Waals surface area contributed by atoms with E-state index in [9.17, 15) is 10.1 Å². The molecule has 7 nitrogen and oxygen atoms in total. The van der Waals surface area contributed by atoms with Gasteiger partial charge in [0.15, 0.2) is 0 Å². The summed E-state index contributed by atoms with van der Waals surface area (Å²) in [5, 5.41) is 12.6. The van der Waals surface area contributed by atoms with E-state index in [0.29, 0.717) is 17.7 Å². The van der Waals surface area contributed by atoms with Gasteiger partial charge in [-0.15, -0.1) is 0 Å². The molecule has 182 valence electrons. The highest BCUT2D eigenvalue weighted by atomic mass is 16.7. The predicted octanol–water partition coefficient (Wildman–Crippen LogP) is 4.57. The second-order valence-electron chi connectivity index (χ2n) is 11.9. The van der Waals surface area contributed by atoms with Gasteiger partial charge in [0.25, 0.3) is 0 Å². The third-order valence-electron chi connectivity index (χ3n) is 5.67. The number of nitrogens with one attached hydrogen (secondary N) is 1. The second-order valence-corrected chi connectivity index (χ2v) is 11.9. The van der Waals surface area contributed by atoms with Crippen molar-refractivity contribution in [3.05, 3.63) is 23.8 Å². The van der Waals surface area contributed by atoms with Gasteiger partial charge in [-0.2, -0.15) is 5.26 Å². The molecule has 1 saturated heterocycles. The van der Waals surface area contributed by atoms with Gasteiger partial charge in [0.1, 0.15) is 24.0 Å². The Bertz CT molecular complexity index is 878. The monoisotopic (exact) mass is 458 g/mol. The molecule has 0 spiro atoms. The minimum atomic E-state index is -0.589. The van der Waals surface area contributed by atoms with E-state index < -0.39 is 30.0 Å². The van der Waals surface area contributed by atoms with Crippen LogP contribution in [0, 0.1) is 16.7 Å². The first kappa shape index (κ1) is 27.0. The van der Waals surface area contributed by atoms with Crippen LogP contribution in [0.5, 0.6) is 5.75 Å². The largest absolute Gasteiger partial charge is 0.494 e. The molecule has 0 radical (unpaired) electrons. The number of carbonyl (C=O) groups excluding carboxylic acids is 1. The zero-order valence-corrected chi connectivity index (χ0v) is 21.8. The fraction of sp³-hybridized carbons (Fsp3) is 0.680. The highest BCUT2D eigenvalue weighted by Gasteiger charge is 2.51.